The van der Waals surface area contributed by atoms with Crippen molar-refractivity contribution in [2.75, 3.05) is 27.4 Å². The molecule has 1 unspecified atom stereocenters. The number of carbonyl (C=O) groups is 1. The van der Waals surface area contributed by atoms with Crippen LogP contribution in [-0.4, -0.2) is 43.8 Å². The third kappa shape index (κ3) is 6.82. The quantitative estimate of drug-likeness (QED) is 0.475. The Morgan fingerprint density at radius 2 is 1.97 bits per heavy atom. The van der Waals surface area contributed by atoms with Crippen LogP contribution in [0.2, 0.25) is 0 Å². The van der Waals surface area contributed by atoms with Gasteiger partial charge in [0, 0.05) is 25.1 Å². The Hall–Kier alpha value is -2.46. The Morgan fingerprint density at radius 1 is 1.21 bits per heavy atom. The van der Waals surface area contributed by atoms with Gasteiger partial charge in [-0.05, 0) is 36.8 Å². The molecular weight excluding hydrogens is 409 g/mol. The fourth-order valence-electron chi connectivity index (χ4n) is 2.42. The number of amides is 1. The van der Waals surface area contributed by atoms with Gasteiger partial charge in [-0.15, -0.1) is 0 Å². The highest BCUT2D eigenvalue weighted by Gasteiger charge is 2.32. The highest BCUT2D eigenvalue weighted by atomic mass is 32.2. The van der Waals surface area contributed by atoms with Crippen molar-refractivity contribution in [3.63, 3.8) is 0 Å². The van der Waals surface area contributed by atoms with Crippen LogP contribution >= 0.6 is 11.8 Å². The molecule has 1 atom stereocenters. The molecule has 0 radical (unpaired) electrons. The van der Waals surface area contributed by atoms with E-state index < -0.39 is 34.2 Å². The van der Waals surface area contributed by atoms with E-state index in [1.54, 1.807) is 32.2 Å². The van der Waals surface area contributed by atoms with Gasteiger partial charge in [0.15, 0.2) is 11.5 Å². The third-order valence-corrected chi connectivity index (χ3v) is 4.56. The zero-order valence-corrected chi connectivity index (χ0v) is 16.9. The summed E-state index contributed by atoms with van der Waals surface area (Å²) in [4.78, 5) is 16.2. The second-order valence-corrected chi connectivity index (χ2v) is 6.90. The number of benzene rings is 1. The zero-order valence-electron chi connectivity index (χ0n) is 16.1. The molecular formula is C19H21F3N2O4S. The summed E-state index contributed by atoms with van der Waals surface area (Å²) in [5, 5.41) is 2.29. The number of methoxy groups -OCH3 is 2. The van der Waals surface area contributed by atoms with Crippen LogP contribution in [0.3, 0.4) is 0 Å². The third-order valence-electron chi connectivity index (χ3n) is 3.81. The van der Waals surface area contributed by atoms with Gasteiger partial charge in [-0.25, -0.2) is 4.98 Å². The van der Waals surface area contributed by atoms with E-state index in [4.69, 9.17) is 14.2 Å². The number of pyridine rings is 1. The van der Waals surface area contributed by atoms with Crippen molar-refractivity contribution >= 4 is 17.7 Å². The molecule has 0 saturated heterocycles. The van der Waals surface area contributed by atoms with Crippen molar-refractivity contribution in [2.24, 2.45) is 0 Å². The maximum Gasteiger partial charge on any atom is 0.447 e. The number of hydrogen-bond acceptors (Lipinski definition) is 6. The smallest absolute Gasteiger partial charge is 0.447 e. The van der Waals surface area contributed by atoms with Crippen molar-refractivity contribution in [3.05, 3.63) is 47.7 Å². The fourth-order valence-corrected chi connectivity index (χ4v) is 3.02. The molecule has 1 heterocycles. The van der Waals surface area contributed by atoms with E-state index in [0.717, 1.165) is 0 Å². The SMILES string of the molecule is COCCOc1ccc(C(C)NC(=O)c2cccnc2SC(F)(F)F)cc1OC. The number of alkyl halides is 3. The Bertz CT molecular complexity index is 833. The lowest BCUT2D eigenvalue weighted by atomic mass is 10.1. The van der Waals surface area contributed by atoms with Crippen LogP contribution in [0, 0.1) is 0 Å². The van der Waals surface area contributed by atoms with E-state index in [-0.39, 0.29) is 5.56 Å². The Labute approximate surface area is 170 Å². The highest BCUT2D eigenvalue weighted by molar-refractivity contribution is 8.00. The summed E-state index contributed by atoms with van der Waals surface area (Å²) in [6.45, 7) is 2.48. The van der Waals surface area contributed by atoms with Gasteiger partial charge in [0.2, 0.25) is 0 Å². The van der Waals surface area contributed by atoms with Crippen LogP contribution < -0.4 is 14.8 Å². The van der Waals surface area contributed by atoms with E-state index in [0.29, 0.717) is 30.3 Å². The molecule has 1 aromatic heterocycles. The standard InChI is InChI=1S/C19H21F3N2O4S/c1-12(13-6-7-15(16(11-13)27-3)28-10-9-26-2)24-17(25)14-5-4-8-23-18(14)29-19(20,21)22/h4-8,11-12H,9-10H2,1-3H3,(H,24,25). The lowest BCUT2D eigenvalue weighted by molar-refractivity contribution is -0.0329. The molecule has 1 N–H and O–H groups in total. The van der Waals surface area contributed by atoms with E-state index in [2.05, 4.69) is 10.3 Å². The minimum atomic E-state index is -4.54. The van der Waals surface area contributed by atoms with Crippen LogP contribution in [0.25, 0.3) is 0 Å². The van der Waals surface area contributed by atoms with Gasteiger partial charge >= 0.3 is 5.51 Å². The van der Waals surface area contributed by atoms with Crippen molar-refractivity contribution in [2.45, 2.75) is 23.5 Å². The van der Waals surface area contributed by atoms with Crippen LogP contribution in [-0.2, 0) is 4.74 Å². The van der Waals surface area contributed by atoms with Gasteiger partial charge in [-0.2, -0.15) is 13.2 Å². The van der Waals surface area contributed by atoms with Gasteiger partial charge in [0.05, 0.1) is 25.3 Å². The molecule has 29 heavy (non-hydrogen) atoms. The first-order valence-corrected chi connectivity index (χ1v) is 9.38. The van der Waals surface area contributed by atoms with E-state index in [1.807, 2.05) is 0 Å². The summed E-state index contributed by atoms with van der Waals surface area (Å²) in [6.07, 6.45) is 1.21. The van der Waals surface area contributed by atoms with Crippen molar-refractivity contribution in [1.82, 2.24) is 10.3 Å². The lowest BCUT2D eigenvalue weighted by Gasteiger charge is -2.18. The minimum Gasteiger partial charge on any atom is -0.493 e. The Balaban J connectivity index is 2.14. The van der Waals surface area contributed by atoms with Crippen LogP contribution in [0.15, 0.2) is 41.6 Å². The number of carbonyl (C=O) groups excluding carboxylic acids is 1. The molecule has 0 bridgehead atoms. The summed E-state index contributed by atoms with van der Waals surface area (Å²) < 4.78 is 53.9. The van der Waals surface area contributed by atoms with Crippen LogP contribution in [0.5, 0.6) is 11.5 Å². The average Bonchev–Trinajstić information content (AvgIpc) is 2.67. The van der Waals surface area contributed by atoms with E-state index >= 15 is 0 Å². The predicted molar refractivity (Wildman–Crippen MR) is 102 cm³/mol. The lowest BCUT2D eigenvalue weighted by Crippen LogP contribution is -2.27. The van der Waals surface area contributed by atoms with Crippen molar-refractivity contribution in [1.29, 1.82) is 0 Å². The summed E-state index contributed by atoms with van der Waals surface area (Å²) in [7, 11) is 3.05. The second-order valence-electron chi connectivity index (χ2n) is 5.85. The van der Waals surface area contributed by atoms with Crippen LogP contribution in [0.4, 0.5) is 13.2 Å². The topological polar surface area (TPSA) is 69.7 Å². The molecule has 0 saturated carbocycles. The number of ether oxygens (including phenoxy) is 3. The largest absolute Gasteiger partial charge is 0.493 e. The predicted octanol–water partition coefficient (Wildman–Crippen LogP) is 4.22. The number of thioether (sulfide) groups is 1. The number of hydrogen-bond donors (Lipinski definition) is 1. The summed E-state index contributed by atoms with van der Waals surface area (Å²) in [5.74, 6) is 0.328. The molecule has 158 valence electrons. The maximum absolute atomic E-state index is 12.7. The maximum atomic E-state index is 12.7. The van der Waals surface area contributed by atoms with Crippen molar-refractivity contribution < 1.29 is 32.2 Å². The van der Waals surface area contributed by atoms with Gasteiger partial charge in [0.1, 0.15) is 11.6 Å². The van der Waals surface area contributed by atoms with E-state index in [1.165, 1.54) is 25.4 Å². The number of rotatable bonds is 9. The zero-order chi connectivity index (χ0) is 21.4. The number of aromatic nitrogens is 1. The molecule has 1 amide bonds. The summed E-state index contributed by atoms with van der Waals surface area (Å²) in [5.41, 5.74) is -3.99. The van der Waals surface area contributed by atoms with Gasteiger partial charge in [-0.3, -0.25) is 4.79 Å². The molecule has 2 rings (SSSR count). The number of nitrogens with zero attached hydrogens (tertiary/aromatic N) is 1. The fraction of sp³-hybridized carbons (Fsp3) is 0.368. The molecule has 2 aromatic rings. The first kappa shape index (κ1) is 22.8. The summed E-state index contributed by atoms with van der Waals surface area (Å²) in [6, 6.07) is 7.35. The summed E-state index contributed by atoms with van der Waals surface area (Å²) >= 11 is -0.423. The first-order chi connectivity index (χ1) is 13.7. The molecule has 10 heteroatoms. The molecule has 0 aliphatic rings. The molecule has 0 spiro atoms. The normalized spacial score (nSPS) is 12.3. The first-order valence-electron chi connectivity index (χ1n) is 8.56. The minimum absolute atomic E-state index is 0.145. The van der Waals surface area contributed by atoms with Crippen molar-refractivity contribution in [3.8, 4) is 11.5 Å². The number of nitrogens with one attached hydrogen (secondary N) is 1. The second kappa shape index (κ2) is 10.4. The van der Waals surface area contributed by atoms with Crippen LogP contribution in [0.1, 0.15) is 28.9 Å². The average molecular weight is 430 g/mol. The monoisotopic (exact) mass is 430 g/mol. The Kier molecular flexibility index (Phi) is 8.15. The van der Waals surface area contributed by atoms with E-state index in [9.17, 15) is 18.0 Å². The molecule has 0 aliphatic heterocycles. The van der Waals surface area contributed by atoms with Gasteiger partial charge in [-0.1, -0.05) is 6.07 Å². The molecule has 6 nitrogen and oxygen atoms in total. The Morgan fingerprint density at radius 3 is 2.62 bits per heavy atom. The molecule has 0 aliphatic carbocycles. The number of halogens is 3. The van der Waals surface area contributed by atoms with Gasteiger partial charge < -0.3 is 19.5 Å². The highest BCUT2D eigenvalue weighted by Crippen LogP contribution is 2.37. The molecule has 0 fully saturated rings. The molecule has 1 aromatic carbocycles. The van der Waals surface area contributed by atoms with Gasteiger partial charge in [0.25, 0.3) is 5.91 Å².